The lowest BCUT2D eigenvalue weighted by Gasteiger charge is -2.34. The van der Waals surface area contributed by atoms with Crippen LogP contribution >= 0.6 is 0 Å². The first-order valence-corrected chi connectivity index (χ1v) is 6.85. The van der Waals surface area contributed by atoms with Gasteiger partial charge in [0, 0.05) is 12.8 Å². The SMILES string of the molecule is CC.CC(=O)CC(C)(C)CC(C)(C)C/C(=N/N)NN. The minimum Gasteiger partial charge on any atom is -0.322 e. The van der Waals surface area contributed by atoms with E-state index in [9.17, 15) is 4.79 Å². The second-order valence-electron chi connectivity index (χ2n) is 6.28. The molecule has 0 aromatic rings. The van der Waals surface area contributed by atoms with E-state index in [1.165, 1.54) is 0 Å². The number of hydrogen-bond donors (Lipinski definition) is 3. The zero-order valence-corrected chi connectivity index (χ0v) is 13.6. The molecule has 0 aliphatic rings. The van der Waals surface area contributed by atoms with Crippen molar-refractivity contribution in [3.8, 4) is 0 Å². The van der Waals surface area contributed by atoms with Gasteiger partial charge in [-0.15, -0.1) is 0 Å². The molecule has 0 heterocycles. The molecule has 0 bridgehead atoms. The summed E-state index contributed by atoms with van der Waals surface area (Å²) < 4.78 is 0. The van der Waals surface area contributed by atoms with Crippen LogP contribution in [-0.2, 0) is 4.79 Å². The lowest BCUT2D eigenvalue weighted by molar-refractivity contribution is -0.119. The Labute approximate surface area is 118 Å². The van der Waals surface area contributed by atoms with Gasteiger partial charge >= 0.3 is 0 Å². The van der Waals surface area contributed by atoms with E-state index >= 15 is 0 Å². The van der Waals surface area contributed by atoms with Crippen LogP contribution in [0.4, 0.5) is 0 Å². The fraction of sp³-hybridized carbons (Fsp3) is 0.857. The molecular weight excluding hydrogens is 240 g/mol. The zero-order valence-electron chi connectivity index (χ0n) is 13.6. The molecule has 0 atom stereocenters. The third-order valence-corrected chi connectivity index (χ3v) is 2.65. The zero-order chi connectivity index (χ0) is 15.7. The van der Waals surface area contributed by atoms with Crippen LogP contribution < -0.4 is 17.1 Å². The van der Waals surface area contributed by atoms with E-state index in [0.29, 0.717) is 18.7 Å². The first-order chi connectivity index (χ1) is 8.62. The highest BCUT2D eigenvalue weighted by atomic mass is 16.1. The molecule has 5 heteroatoms. The van der Waals surface area contributed by atoms with Crippen molar-refractivity contribution in [2.75, 3.05) is 0 Å². The summed E-state index contributed by atoms with van der Waals surface area (Å²) >= 11 is 0. The Morgan fingerprint density at radius 3 is 1.84 bits per heavy atom. The molecule has 0 rings (SSSR count). The number of hydrazine groups is 1. The summed E-state index contributed by atoms with van der Waals surface area (Å²) in [5, 5.41) is 3.60. The van der Waals surface area contributed by atoms with Crippen molar-refractivity contribution in [2.45, 2.75) is 67.7 Å². The first-order valence-electron chi connectivity index (χ1n) is 6.85. The normalized spacial score (nSPS) is 12.5. The highest BCUT2D eigenvalue weighted by Crippen LogP contribution is 2.38. The van der Waals surface area contributed by atoms with Gasteiger partial charge in [0.2, 0.25) is 0 Å². The predicted molar refractivity (Wildman–Crippen MR) is 82.4 cm³/mol. The number of nitrogens with one attached hydrogen (secondary N) is 1. The van der Waals surface area contributed by atoms with Crippen LogP contribution in [0.15, 0.2) is 5.10 Å². The largest absolute Gasteiger partial charge is 0.322 e. The van der Waals surface area contributed by atoms with Crippen molar-refractivity contribution in [3.05, 3.63) is 0 Å². The number of hydrogen-bond acceptors (Lipinski definition) is 4. The van der Waals surface area contributed by atoms with E-state index < -0.39 is 0 Å². The van der Waals surface area contributed by atoms with Crippen molar-refractivity contribution in [1.29, 1.82) is 0 Å². The minimum absolute atomic E-state index is 0.0104. The summed E-state index contributed by atoms with van der Waals surface area (Å²) in [6.07, 6.45) is 2.16. The van der Waals surface area contributed by atoms with Crippen LogP contribution in [0.1, 0.15) is 67.7 Å². The number of nitrogens with zero attached hydrogens (tertiary/aromatic N) is 1. The van der Waals surface area contributed by atoms with Crippen LogP contribution in [0, 0.1) is 10.8 Å². The number of hydrazone groups is 1. The average molecular weight is 272 g/mol. The van der Waals surface area contributed by atoms with Crippen molar-refractivity contribution in [2.24, 2.45) is 27.6 Å². The molecule has 0 spiro atoms. The second-order valence-corrected chi connectivity index (χ2v) is 6.28. The minimum atomic E-state index is -0.0242. The van der Waals surface area contributed by atoms with Crippen LogP contribution in [0.25, 0.3) is 0 Å². The van der Waals surface area contributed by atoms with Gasteiger partial charge in [0.1, 0.15) is 11.6 Å². The summed E-state index contributed by atoms with van der Waals surface area (Å²) in [7, 11) is 0. The predicted octanol–water partition coefficient (Wildman–Crippen LogP) is 2.56. The smallest absolute Gasteiger partial charge is 0.136 e. The summed E-state index contributed by atoms with van der Waals surface area (Å²) in [6.45, 7) is 14.1. The molecule has 0 fully saturated rings. The monoisotopic (exact) mass is 272 g/mol. The van der Waals surface area contributed by atoms with Gasteiger partial charge in [0.25, 0.3) is 0 Å². The van der Waals surface area contributed by atoms with Gasteiger partial charge in [-0.05, 0) is 24.2 Å². The number of nitrogens with two attached hydrogens (primary N) is 2. The molecular formula is C14H32N4O. The van der Waals surface area contributed by atoms with Crippen LogP contribution in [0.5, 0.6) is 0 Å². The average Bonchev–Trinajstić information content (AvgIpc) is 2.25. The maximum atomic E-state index is 11.2. The quantitative estimate of drug-likeness (QED) is 0.300. The number of carbonyl (C=O) groups is 1. The molecule has 114 valence electrons. The fourth-order valence-electron chi connectivity index (χ4n) is 2.68. The summed E-state index contributed by atoms with van der Waals surface area (Å²) in [4.78, 5) is 11.2. The highest BCUT2D eigenvalue weighted by Gasteiger charge is 2.30. The van der Waals surface area contributed by atoms with Gasteiger partial charge in [-0.2, -0.15) is 5.10 Å². The molecule has 19 heavy (non-hydrogen) atoms. The Hall–Kier alpha value is -1.10. The van der Waals surface area contributed by atoms with E-state index in [4.69, 9.17) is 11.7 Å². The third kappa shape index (κ3) is 10.5. The Bertz CT molecular complexity index is 296. The van der Waals surface area contributed by atoms with Gasteiger partial charge in [-0.25, -0.2) is 5.84 Å². The molecule has 5 N–H and O–H groups in total. The van der Waals surface area contributed by atoms with E-state index in [1.54, 1.807) is 6.92 Å². The number of Topliss-reactive ketones (excluding diaryl/α,β-unsaturated/α-hetero) is 1. The van der Waals surface area contributed by atoms with E-state index in [-0.39, 0.29) is 16.6 Å². The van der Waals surface area contributed by atoms with E-state index in [2.05, 4.69) is 38.2 Å². The molecule has 5 nitrogen and oxygen atoms in total. The van der Waals surface area contributed by atoms with Gasteiger partial charge in [-0.3, -0.25) is 0 Å². The maximum absolute atomic E-state index is 11.2. The fourth-order valence-corrected chi connectivity index (χ4v) is 2.68. The topological polar surface area (TPSA) is 93.5 Å². The molecule has 0 aromatic carbocycles. The second kappa shape index (κ2) is 8.91. The number of ketones is 1. The van der Waals surface area contributed by atoms with Crippen molar-refractivity contribution in [3.63, 3.8) is 0 Å². The summed E-state index contributed by atoms with van der Waals surface area (Å²) in [6, 6.07) is 0. The number of amidine groups is 1. The van der Waals surface area contributed by atoms with Crippen molar-refractivity contribution in [1.82, 2.24) is 5.43 Å². The molecule has 0 aromatic heterocycles. The Kier molecular flexibility index (Phi) is 9.48. The third-order valence-electron chi connectivity index (χ3n) is 2.65. The highest BCUT2D eigenvalue weighted by molar-refractivity contribution is 5.81. The van der Waals surface area contributed by atoms with Gasteiger partial charge in [0.05, 0.1) is 0 Å². The Balaban J connectivity index is 0. The lowest BCUT2D eigenvalue weighted by Crippen LogP contribution is -2.36. The van der Waals surface area contributed by atoms with Gasteiger partial charge in [-0.1, -0.05) is 41.5 Å². The van der Waals surface area contributed by atoms with Crippen molar-refractivity contribution < 1.29 is 4.79 Å². The van der Waals surface area contributed by atoms with Crippen LogP contribution in [-0.4, -0.2) is 11.6 Å². The molecule has 0 saturated carbocycles. The van der Waals surface area contributed by atoms with Crippen molar-refractivity contribution >= 4 is 11.6 Å². The van der Waals surface area contributed by atoms with E-state index in [1.807, 2.05) is 13.8 Å². The molecule has 0 aliphatic heterocycles. The Morgan fingerprint density at radius 2 is 1.53 bits per heavy atom. The van der Waals surface area contributed by atoms with Gasteiger partial charge < -0.3 is 16.1 Å². The standard InChI is InChI=1S/C12H26N4O.C2H6/c1-9(17)6-11(2,3)8-12(4,5)7-10(15-13)16-14;1-2/h6-8,13-14H2,1-5H3,(H,15,16);1-2H3. The van der Waals surface area contributed by atoms with E-state index in [0.717, 1.165) is 6.42 Å². The molecule has 0 unspecified atom stereocenters. The molecule has 0 saturated heterocycles. The number of rotatable bonds is 6. The Morgan fingerprint density at radius 1 is 1.11 bits per heavy atom. The number of carbonyl (C=O) groups excluding carboxylic acids is 1. The summed E-state index contributed by atoms with van der Waals surface area (Å²) in [5.74, 6) is 11.3. The maximum Gasteiger partial charge on any atom is 0.136 e. The van der Waals surface area contributed by atoms with Crippen LogP contribution in [0.2, 0.25) is 0 Å². The molecule has 0 aliphatic carbocycles. The lowest BCUT2D eigenvalue weighted by atomic mass is 9.71. The molecule has 0 radical (unpaired) electrons. The molecule has 0 amide bonds. The van der Waals surface area contributed by atoms with Gasteiger partial charge in [0.15, 0.2) is 0 Å². The first kappa shape index (κ1) is 20.2. The summed E-state index contributed by atoms with van der Waals surface area (Å²) in [5.41, 5.74) is 2.46. The van der Waals surface area contributed by atoms with Crippen LogP contribution in [0.3, 0.4) is 0 Å².